The maximum atomic E-state index is 12.4. The molecule has 0 bridgehead atoms. The van der Waals surface area contributed by atoms with Crippen LogP contribution in [0, 0.1) is 10.8 Å². The zero-order valence-electron chi connectivity index (χ0n) is 17.0. The van der Waals surface area contributed by atoms with Gasteiger partial charge in [-0.3, -0.25) is 9.59 Å². The average molecular weight is 389 g/mol. The molecule has 1 aromatic rings. The Bertz CT molecular complexity index is 829. The zero-order valence-corrected chi connectivity index (χ0v) is 17.8. The minimum Gasteiger partial charge on any atom is -0.425 e. The van der Waals surface area contributed by atoms with Crippen LogP contribution in [0.1, 0.15) is 77.8 Å². The van der Waals surface area contributed by atoms with E-state index in [1.54, 1.807) is 6.07 Å². The summed E-state index contributed by atoms with van der Waals surface area (Å²) < 4.78 is 5.60. The van der Waals surface area contributed by atoms with E-state index in [2.05, 4.69) is 6.92 Å². The van der Waals surface area contributed by atoms with Gasteiger partial charge in [0.1, 0.15) is 5.75 Å². The number of Topliss-reactive ketones (excluding diaryl/α,β-unsaturated/α-hetero) is 1. The van der Waals surface area contributed by atoms with Crippen molar-refractivity contribution in [3.05, 3.63) is 33.9 Å². The summed E-state index contributed by atoms with van der Waals surface area (Å²) in [7, 11) is 0. The lowest BCUT2D eigenvalue weighted by Crippen LogP contribution is -2.28. The zero-order chi connectivity index (χ0) is 20.0. The van der Waals surface area contributed by atoms with E-state index in [1.807, 2.05) is 33.8 Å². The molecule has 0 fully saturated rings. The molecule has 0 saturated heterocycles. The second-order valence-electron chi connectivity index (χ2n) is 9.03. The van der Waals surface area contributed by atoms with Gasteiger partial charge in [0, 0.05) is 11.8 Å². The Kier molecular flexibility index (Phi) is 5.28. The summed E-state index contributed by atoms with van der Waals surface area (Å²) >= 11 is 6.71. The van der Waals surface area contributed by atoms with E-state index in [0.717, 1.165) is 48.8 Å². The number of ketones is 1. The number of ether oxygens (including phenoxy) is 1. The standard InChI is InChI=1S/C23H29ClO3/c1-6-7-11-23-12-10-17(25)14(2)19(23)15-8-9-18(20(24)16(15)13-23)27-21(26)22(3,4)5/h8-9H,6-7,10-13H2,1-5H3. The van der Waals surface area contributed by atoms with Crippen LogP contribution in [-0.4, -0.2) is 11.8 Å². The molecule has 0 aliphatic heterocycles. The van der Waals surface area contributed by atoms with Crippen LogP contribution in [0.2, 0.25) is 5.02 Å². The van der Waals surface area contributed by atoms with Crippen molar-refractivity contribution < 1.29 is 14.3 Å². The van der Waals surface area contributed by atoms with Crippen LogP contribution < -0.4 is 4.74 Å². The minimum absolute atomic E-state index is 0.00731. The van der Waals surface area contributed by atoms with E-state index in [-0.39, 0.29) is 17.2 Å². The Morgan fingerprint density at radius 3 is 2.63 bits per heavy atom. The van der Waals surface area contributed by atoms with E-state index in [4.69, 9.17) is 16.3 Å². The van der Waals surface area contributed by atoms with Gasteiger partial charge in [-0.15, -0.1) is 0 Å². The number of carbonyl (C=O) groups is 2. The molecule has 0 saturated carbocycles. The highest BCUT2D eigenvalue weighted by Gasteiger charge is 2.46. The number of allylic oxidation sites excluding steroid dienone is 2. The number of carbonyl (C=O) groups excluding carboxylic acids is 2. The molecule has 1 atom stereocenters. The highest BCUT2D eigenvalue weighted by atomic mass is 35.5. The highest BCUT2D eigenvalue weighted by molar-refractivity contribution is 6.33. The Balaban J connectivity index is 2.06. The number of fused-ring (bicyclic) bond motifs is 3. The third-order valence-electron chi connectivity index (χ3n) is 5.97. The molecule has 0 spiro atoms. The van der Waals surface area contributed by atoms with Crippen molar-refractivity contribution in [3.63, 3.8) is 0 Å². The Labute approximate surface area is 167 Å². The van der Waals surface area contributed by atoms with Gasteiger partial charge in [0.2, 0.25) is 0 Å². The van der Waals surface area contributed by atoms with Gasteiger partial charge in [0.15, 0.2) is 5.78 Å². The summed E-state index contributed by atoms with van der Waals surface area (Å²) in [6.45, 7) is 9.62. The molecule has 0 radical (unpaired) electrons. The van der Waals surface area contributed by atoms with Crippen molar-refractivity contribution in [2.24, 2.45) is 10.8 Å². The Morgan fingerprint density at radius 1 is 1.30 bits per heavy atom. The molecule has 0 aromatic heterocycles. The van der Waals surface area contributed by atoms with Crippen molar-refractivity contribution in [1.82, 2.24) is 0 Å². The van der Waals surface area contributed by atoms with Crippen molar-refractivity contribution in [3.8, 4) is 5.75 Å². The number of unbranched alkanes of at least 4 members (excludes halogenated alkanes) is 1. The second-order valence-corrected chi connectivity index (χ2v) is 9.41. The summed E-state index contributed by atoms with van der Waals surface area (Å²) in [6.07, 6.45) is 5.62. The Morgan fingerprint density at radius 2 is 2.00 bits per heavy atom. The van der Waals surface area contributed by atoms with Gasteiger partial charge < -0.3 is 4.74 Å². The van der Waals surface area contributed by atoms with Gasteiger partial charge in [-0.05, 0) is 75.3 Å². The fraction of sp³-hybridized carbons (Fsp3) is 0.565. The molecule has 2 aliphatic rings. The molecule has 3 rings (SSSR count). The molecule has 0 amide bonds. The van der Waals surface area contributed by atoms with Crippen molar-refractivity contribution in [1.29, 1.82) is 0 Å². The molecule has 0 N–H and O–H groups in total. The summed E-state index contributed by atoms with van der Waals surface area (Å²) in [5.41, 5.74) is 3.55. The summed E-state index contributed by atoms with van der Waals surface area (Å²) in [5, 5.41) is 0.517. The lowest BCUT2D eigenvalue weighted by molar-refractivity contribution is -0.143. The van der Waals surface area contributed by atoms with Crippen LogP contribution in [0.4, 0.5) is 0 Å². The molecular formula is C23H29ClO3. The van der Waals surface area contributed by atoms with Crippen LogP contribution in [-0.2, 0) is 16.0 Å². The monoisotopic (exact) mass is 388 g/mol. The van der Waals surface area contributed by atoms with E-state index in [1.165, 1.54) is 5.57 Å². The first-order chi connectivity index (χ1) is 12.6. The molecule has 2 aliphatic carbocycles. The first-order valence-corrected chi connectivity index (χ1v) is 10.3. The summed E-state index contributed by atoms with van der Waals surface area (Å²) in [5.74, 6) is 0.361. The Hall–Kier alpha value is -1.61. The number of benzene rings is 1. The van der Waals surface area contributed by atoms with Crippen molar-refractivity contribution in [2.45, 2.75) is 73.1 Å². The van der Waals surface area contributed by atoms with Crippen molar-refractivity contribution in [2.75, 3.05) is 0 Å². The predicted octanol–water partition coefficient (Wildman–Crippen LogP) is 6.16. The number of halogens is 1. The number of esters is 1. The fourth-order valence-corrected chi connectivity index (χ4v) is 4.67. The summed E-state index contributed by atoms with van der Waals surface area (Å²) in [6, 6.07) is 3.76. The first-order valence-electron chi connectivity index (χ1n) is 9.89. The maximum Gasteiger partial charge on any atom is 0.316 e. The fourth-order valence-electron chi connectivity index (χ4n) is 4.40. The quantitative estimate of drug-likeness (QED) is 0.458. The average Bonchev–Trinajstić information content (AvgIpc) is 2.94. The first kappa shape index (κ1) is 20.1. The molecule has 3 nitrogen and oxygen atoms in total. The molecule has 1 unspecified atom stereocenters. The second kappa shape index (κ2) is 7.09. The van der Waals surface area contributed by atoms with E-state index in [0.29, 0.717) is 17.2 Å². The van der Waals surface area contributed by atoms with Gasteiger partial charge in [-0.2, -0.15) is 0 Å². The molecule has 0 heterocycles. The SMILES string of the molecule is CCCCC12CCC(=O)C(C)=C1c1ccc(OC(=O)C(C)(C)C)c(Cl)c1C2. The summed E-state index contributed by atoms with van der Waals surface area (Å²) in [4.78, 5) is 24.7. The van der Waals surface area contributed by atoms with Gasteiger partial charge in [0.05, 0.1) is 10.4 Å². The van der Waals surface area contributed by atoms with Crippen LogP contribution in [0.25, 0.3) is 5.57 Å². The molecule has 1 aromatic carbocycles. The van der Waals surface area contributed by atoms with Crippen LogP contribution >= 0.6 is 11.6 Å². The van der Waals surface area contributed by atoms with Gasteiger partial charge in [-0.1, -0.05) is 37.4 Å². The number of rotatable bonds is 4. The van der Waals surface area contributed by atoms with Crippen LogP contribution in [0.5, 0.6) is 5.75 Å². The third kappa shape index (κ3) is 3.47. The van der Waals surface area contributed by atoms with Gasteiger partial charge in [-0.25, -0.2) is 0 Å². The van der Waals surface area contributed by atoms with Gasteiger partial charge in [0.25, 0.3) is 0 Å². The number of hydrogen-bond donors (Lipinski definition) is 0. The topological polar surface area (TPSA) is 43.4 Å². The maximum absolute atomic E-state index is 12.4. The van der Waals surface area contributed by atoms with Crippen LogP contribution in [0.3, 0.4) is 0 Å². The minimum atomic E-state index is -0.593. The van der Waals surface area contributed by atoms with Crippen molar-refractivity contribution >= 4 is 28.9 Å². The van der Waals surface area contributed by atoms with E-state index >= 15 is 0 Å². The highest BCUT2D eigenvalue weighted by Crippen LogP contribution is 2.58. The van der Waals surface area contributed by atoms with E-state index in [9.17, 15) is 9.59 Å². The van der Waals surface area contributed by atoms with Crippen LogP contribution in [0.15, 0.2) is 17.7 Å². The molecule has 4 heteroatoms. The molecule has 146 valence electrons. The third-order valence-corrected chi connectivity index (χ3v) is 6.38. The molecular weight excluding hydrogens is 360 g/mol. The molecule has 27 heavy (non-hydrogen) atoms. The van der Waals surface area contributed by atoms with Gasteiger partial charge >= 0.3 is 5.97 Å². The smallest absolute Gasteiger partial charge is 0.316 e. The largest absolute Gasteiger partial charge is 0.425 e. The normalized spacial score (nSPS) is 21.9. The lowest BCUT2D eigenvalue weighted by Gasteiger charge is -2.36. The number of hydrogen-bond acceptors (Lipinski definition) is 3. The predicted molar refractivity (Wildman–Crippen MR) is 109 cm³/mol. The lowest BCUT2D eigenvalue weighted by atomic mass is 9.67. The van der Waals surface area contributed by atoms with E-state index < -0.39 is 5.41 Å².